The van der Waals surface area contributed by atoms with Crippen LogP contribution in [0.25, 0.3) is 0 Å². The van der Waals surface area contributed by atoms with E-state index in [4.69, 9.17) is 0 Å². The maximum Gasteiger partial charge on any atom is 0.274 e. The Hall–Kier alpha value is -2.21. The zero-order chi connectivity index (χ0) is 15.5. The monoisotopic (exact) mass is 299 g/mol. The summed E-state index contributed by atoms with van der Waals surface area (Å²) in [5, 5.41) is 10.6. The van der Waals surface area contributed by atoms with Crippen LogP contribution in [0.4, 0.5) is 0 Å². The van der Waals surface area contributed by atoms with Gasteiger partial charge < -0.3 is 10.2 Å². The third kappa shape index (κ3) is 2.62. The Morgan fingerprint density at radius 2 is 2.18 bits per heavy atom. The molecule has 0 aromatic carbocycles. The summed E-state index contributed by atoms with van der Waals surface area (Å²) >= 11 is 0. The van der Waals surface area contributed by atoms with Gasteiger partial charge in [-0.2, -0.15) is 5.10 Å². The zero-order valence-corrected chi connectivity index (χ0v) is 13.0. The van der Waals surface area contributed by atoms with Crippen molar-refractivity contribution in [2.75, 3.05) is 13.6 Å². The summed E-state index contributed by atoms with van der Waals surface area (Å²) in [7, 11) is 1.84. The van der Waals surface area contributed by atoms with E-state index in [0.717, 1.165) is 36.2 Å². The van der Waals surface area contributed by atoms with Crippen LogP contribution in [0.1, 0.15) is 46.7 Å². The molecule has 3 rings (SSSR count). The molecule has 6 heteroatoms. The Kier molecular flexibility index (Phi) is 4.20. The van der Waals surface area contributed by atoms with Gasteiger partial charge in [0.15, 0.2) is 5.69 Å². The fraction of sp³-hybridized carbons (Fsp3) is 0.438. The highest BCUT2D eigenvalue weighted by Gasteiger charge is 2.27. The minimum atomic E-state index is -0.0372. The van der Waals surface area contributed by atoms with Crippen molar-refractivity contribution in [2.45, 2.75) is 32.4 Å². The van der Waals surface area contributed by atoms with E-state index in [-0.39, 0.29) is 11.9 Å². The molecule has 0 saturated heterocycles. The summed E-state index contributed by atoms with van der Waals surface area (Å²) in [6, 6.07) is 3.94. The molecule has 2 aromatic rings. The van der Waals surface area contributed by atoms with Crippen molar-refractivity contribution >= 4 is 5.91 Å². The summed E-state index contributed by atoms with van der Waals surface area (Å²) < 4.78 is 0. The second kappa shape index (κ2) is 6.27. The zero-order valence-electron chi connectivity index (χ0n) is 13.0. The molecule has 6 nitrogen and oxygen atoms in total. The quantitative estimate of drug-likeness (QED) is 0.900. The number of amides is 1. The average Bonchev–Trinajstić information content (AvgIpc) is 3.00. The second-order valence-electron chi connectivity index (χ2n) is 5.58. The second-order valence-corrected chi connectivity index (χ2v) is 5.58. The first-order valence-electron chi connectivity index (χ1n) is 7.66. The molecule has 0 radical (unpaired) electrons. The van der Waals surface area contributed by atoms with Crippen LogP contribution < -0.4 is 5.32 Å². The van der Waals surface area contributed by atoms with Gasteiger partial charge in [0, 0.05) is 50.2 Å². The predicted octanol–water partition coefficient (Wildman–Crippen LogP) is 1.67. The lowest BCUT2D eigenvalue weighted by molar-refractivity contribution is 0.0718. The van der Waals surface area contributed by atoms with Crippen LogP contribution in [-0.4, -0.2) is 39.6 Å². The minimum Gasteiger partial charge on any atom is -0.333 e. The summed E-state index contributed by atoms with van der Waals surface area (Å²) in [5.74, 6) is -0.0372. The lowest BCUT2D eigenvalue weighted by Gasteiger charge is -2.27. The van der Waals surface area contributed by atoms with Gasteiger partial charge in [0.1, 0.15) is 0 Å². The Labute approximate surface area is 129 Å². The number of nitrogens with one attached hydrogen (secondary N) is 2. The Morgan fingerprint density at radius 3 is 2.91 bits per heavy atom. The highest BCUT2D eigenvalue weighted by Crippen LogP contribution is 2.25. The topological polar surface area (TPSA) is 73.9 Å². The van der Waals surface area contributed by atoms with Gasteiger partial charge in [0.05, 0.1) is 6.04 Å². The number of fused-ring (bicyclic) bond motifs is 1. The number of carbonyl (C=O) groups is 1. The van der Waals surface area contributed by atoms with Crippen molar-refractivity contribution in [2.24, 2.45) is 0 Å². The van der Waals surface area contributed by atoms with Crippen LogP contribution in [0.3, 0.4) is 0 Å². The molecular weight excluding hydrogens is 278 g/mol. The molecule has 3 heterocycles. The summed E-state index contributed by atoms with van der Waals surface area (Å²) in [4.78, 5) is 18.7. The number of pyridine rings is 1. The van der Waals surface area contributed by atoms with Gasteiger partial charge in [-0.25, -0.2) is 0 Å². The lowest BCUT2D eigenvalue weighted by Crippen LogP contribution is -2.33. The van der Waals surface area contributed by atoms with Crippen LogP contribution in [0.15, 0.2) is 24.5 Å². The average molecular weight is 299 g/mol. The van der Waals surface area contributed by atoms with Crippen LogP contribution in [0.5, 0.6) is 0 Å². The first-order chi connectivity index (χ1) is 10.7. The molecule has 0 aliphatic carbocycles. The molecule has 22 heavy (non-hydrogen) atoms. The number of nitrogens with zero attached hydrogens (tertiary/aromatic N) is 3. The molecule has 0 spiro atoms. The molecule has 0 fully saturated rings. The Balaban J connectivity index is 1.86. The standard InChI is InChI=1S/C16H21N5O/c1-3-14(11-4-7-17-8-5-11)21(2)16(22)15-12-10-18-9-6-13(12)19-20-15/h4-5,7-8,14,18H,3,6,9-10H2,1-2H3,(H,19,20). The maximum atomic E-state index is 12.9. The van der Waals surface area contributed by atoms with E-state index in [0.29, 0.717) is 12.2 Å². The van der Waals surface area contributed by atoms with E-state index < -0.39 is 0 Å². The molecule has 1 atom stereocenters. The molecular formula is C16H21N5O. The van der Waals surface area contributed by atoms with Gasteiger partial charge in [0.2, 0.25) is 0 Å². The van der Waals surface area contributed by atoms with Gasteiger partial charge in [0.25, 0.3) is 5.91 Å². The van der Waals surface area contributed by atoms with E-state index in [1.165, 1.54) is 0 Å². The number of rotatable bonds is 4. The van der Waals surface area contributed by atoms with E-state index in [1.54, 1.807) is 17.3 Å². The van der Waals surface area contributed by atoms with Gasteiger partial charge in [-0.15, -0.1) is 0 Å². The molecule has 0 saturated carbocycles. The van der Waals surface area contributed by atoms with Gasteiger partial charge in [-0.3, -0.25) is 14.9 Å². The number of hydrogen-bond donors (Lipinski definition) is 2. The number of hydrogen-bond acceptors (Lipinski definition) is 4. The normalized spacial score (nSPS) is 15.2. The number of aromatic nitrogens is 3. The van der Waals surface area contributed by atoms with Crippen LogP contribution in [-0.2, 0) is 13.0 Å². The SMILES string of the molecule is CCC(c1ccncc1)N(C)C(=O)c1n[nH]c2c1CNCC2. The third-order valence-corrected chi connectivity index (χ3v) is 4.27. The van der Waals surface area contributed by atoms with Crippen molar-refractivity contribution < 1.29 is 4.79 Å². The Morgan fingerprint density at radius 1 is 1.41 bits per heavy atom. The third-order valence-electron chi connectivity index (χ3n) is 4.27. The Bertz CT molecular complexity index is 652. The highest BCUT2D eigenvalue weighted by atomic mass is 16.2. The summed E-state index contributed by atoms with van der Waals surface area (Å²) in [6.07, 6.45) is 5.26. The molecule has 116 valence electrons. The fourth-order valence-corrected chi connectivity index (χ4v) is 3.03. The largest absolute Gasteiger partial charge is 0.333 e. The van der Waals surface area contributed by atoms with Crippen molar-refractivity contribution in [1.82, 2.24) is 25.4 Å². The molecule has 0 bridgehead atoms. The van der Waals surface area contributed by atoms with E-state index in [1.807, 2.05) is 19.2 Å². The highest BCUT2D eigenvalue weighted by molar-refractivity contribution is 5.94. The van der Waals surface area contributed by atoms with Crippen molar-refractivity contribution in [3.05, 3.63) is 47.0 Å². The van der Waals surface area contributed by atoms with Crippen LogP contribution in [0.2, 0.25) is 0 Å². The van der Waals surface area contributed by atoms with Gasteiger partial charge in [-0.05, 0) is 24.1 Å². The summed E-state index contributed by atoms with van der Waals surface area (Å²) in [6.45, 7) is 3.70. The number of carbonyl (C=O) groups excluding carboxylic acids is 1. The smallest absolute Gasteiger partial charge is 0.274 e. The van der Waals surface area contributed by atoms with E-state index in [2.05, 4.69) is 27.4 Å². The maximum absolute atomic E-state index is 12.9. The van der Waals surface area contributed by atoms with Crippen molar-refractivity contribution in [3.8, 4) is 0 Å². The van der Waals surface area contributed by atoms with Gasteiger partial charge in [-0.1, -0.05) is 6.92 Å². The first-order valence-corrected chi connectivity index (χ1v) is 7.66. The van der Waals surface area contributed by atoms with Crippen LogP contribution >= 0.6 is 0 Å². The van der Waals surface area contributed by atoms with E-state index in [9.17, 15) is 4.79 Å². The number of aromatic amines is 1. The minimum absolute atomic E-state index is 0.0272. The molecule has 1 aliphatic heterocycles. The van der Waals surface area contributed by atoms with E-state index >= 15 is 0 Å². The molecule has 1 unspecified atom stereocenters. The van der Waals surface area contributed by atoms with Crippen molar-refractivity contribution in [3.63, 3.8) is 0 Å². The van der Waals surface area contributed by atoms with Crippen molar-refractivity contribution in [1.29, 1.82) is 0 Å². The summed E-state index contributed by atoms with van der Waals surface area (Å²) in [5.41, 5.74) is 3.72. The van der Waals surface area contributed by atoms with Gasteiger partial charge >= 0.3 is 0 Å². The molecule has 1 aliphatic rings. The molecule has 2 aromatic heterocycles. The molecule has 1 amide bonds. The number of H-pyrrole nitrogens is 1. The lowest BCUT2D eigenvalue weighted by atomic mass is 10.0. The first kappa shape index (κ1) is 14.7. The fourth-order valence-electron chi connectivity index (χ4n) is 3.03. The predicted molar refractivity (Wildman–Crippen MR) is 83.4 cm³/mol. The molecule has 2 N–H and O–H groups in total. The van der Waals surface area contributed by atoms with Crippen LogP contribution in [0, 0.1) is 0 Å².